The Morgan fingerprint density at radius 1 is 1.45 bits per heavy atom. The summed E-state index contributed by atoms with van der Waals surface area (Å²) in [5, 5.41) is 20.0. The second-order valence-corrected chi connectivity index (χ2v) is 2.78. The van der Waals surface area contributed by atoms with Crippen LogP contribution in [0.2, 0.25) is 0 Å². The van der Waals surface area contributed by atoms with Gasteiger partial charge in [0.05, 0.1) is 18.8 Å². The summed E-state index contributed by atoms with van der Waals surface area (Å²) < 4.78 is 0. The van der Waals surface area contributed by atoms with Crippen LogP contribution in [-0.4, -0.2) is 34.9 Å². The Labute approximate surface area is 66.2 Å². The third kappa shape index (κ3) is 3.34. The quantitative estimate of drug-likeness (QED) is 0.508. The average molecular weight is 161 g/mol. The van der Waals surface area contributed by atoms with Crippen molar-refractivity contribution in [3.63, 3.8) is 0 Å². The van der Waals surface area contributed by atoms with Gasteiger partial charge in [-0.15, -0.1) is 0 Å². The number of hydrogen-bond donors (Lipinski definition) is 3. The summed E-state index contributed by atoms with van der Waals surface area (Å²) in [6, 6.07) is 0. The molecule has 0 fully saturated rings. The zero-order chi connectivity index (χ0) is 8.91. The molecule has 4 nitrogen and oxygen atoms in total. The number of aliphatic hydroxyl groups is 2. The monoisotopic (exact) mass is 161 g/mol. The molecule has 0 rings (SSSR count). The van der Waals surface area contributed by atoms with Crippen molar-refractivity contribution in [2.45, 2.75) is 25.8 Å². The molecule has 0 radical (unpaired) electrons. The minimum Gasteiger partial charge on any atom is -0.394 e. The van der Waals surface area contributed by atoms with Crippen LogP contribution in [0.5, 0.6) is 0 Å². The molecule has 0 spiro atoms. The van der Waals surface area contributed by atoms with Crippen molar-refractivity contribution in [2.24, 2.45) is 0 Å². The maximum atomic E-state index is 10.8. The lowest BCUT2D eigenvalue weighted by atomic mass is 10.1. The molecule has 0 aliphatic rings. The minimum atomic E-state index is -0.882. The molecule has 0 aliphatic carbocycles. The summed E-state index contributed by atoms with van der Waals surface area (Å²) in [6.45, 7) is 2.79. The van der Waals surface area contributed by atoms with Gasteiger partial charge < -0.3 is 15.5 Å². The van der Waals surface area contributed by atoms with Crippen LogP contribution in [0.25, 0.3) is 0 Å². The number of nitrogens with one attached hydrogen (secondary N) is 1. The third-order valence-corrected chi connectivity index (χ3v) is 1.46. The first kappa shape index (κ1) is 10.4. The van der Waals surface area contributed by atoms with Gasteiger partial charge in [0.15, 0.2) is 0 Å². The van der Waals surface area contributed by atoms with E-state index in [-0.39, 0.29) is 19.1 Å². The van der Waals surface area contributed by atoms with Gasteiger partial charge in [-0.1, -0.05) is 6.92 Å². The van der Waals surface area contributed by atoms with Gasteiger partial charge >= 0.3 is 0 Å². The van der Waals surface area contributed by atoms with Gasteiger partial charge in [0, 0.05) is 6.42 Å². The molecule has 0 aromatic carbocycles. The fourth-order valence-corrected chi connectivity index (χ4v) is 0.554. The van der Waals surface area contributed by atoms with Crippen LogP contribution in [0.4, 0.5) is 0 Å². The van der Waals surface area contributed by atoms with Gasteiger partial charge in [0.1, 0.15) is 0 Å². The summed E-state index contributed by atoms with van der Waals surface area (Å²) in [5.41, 5.74) is -0.882. The number of aliphatic hydroxyl groups excluding tert-OH is 2. The molecule has 1 amide bonds. The van der Waals surface area contributed by atoms with Crippen molar-refractivity contribution in [3.05, 3.63) is 0 Å². The largest absolute Gasteiger partial charge is 0.394 e. The van der Waals surface area contributed by atoms with Gasteiger partial charge in [-0.25, -0.2) is 0 Å². The van der Waals surface area contributed by atoms with Crippen LogP contribution in [-0.2, 0) is 4.79 Å². The zero-order valence-corrected chi connectivity index (χ0v) is 6.92. The highest BCUT2D eigenvalue weighted by Gasteiger charge is 2.23. The standard InChI is InChI=1S/C7H15NO3/c1-3-6(11)8-7(2,4-9)5-10/h9-10H,3-5H2,1-2H3,(H,8,11). The van der Waals surface area contributed by atoms with Crippen LogP contribution in [0, 0.1) is 0 Å². The highest BCUT2D eigenvalue weighted by Crippen LogP contribution is 2.00. The van der Waals surface area contributed by atoms with Crippen molar-refractivity contribution < 1.29 is 15.0 Å². The topological polar surface area (TPSA) is 69.6 Å². The SMILES string of the molecule is CCC(=O)NC(C)(CO)CO. The van der Waals surface area contributed by atoms with Crippen LogP contribution in [0.3, 0.4) is 0 Å². The molecule has 11 heavy (non-hydrogen) atoms. The smallest absolute Gasteiger partial charge is 0.220 e. The molecule has 0 atom stereocenters. The molecular formula is C7H15NO3. The lowest BCUT2D eigenvalue weighted by Gasteiger charge is -2.25. The van der Waals surface area contributed by atoms with Gasteiger partial charge in [0.2, 0.25) is 5.91 Å². The van der Waals surface area contributed by atoms with Crippen molar-refractivity contribution in [2.75, 3.05) is 13.2 Å². The summed E-state index contributed by atoms with van der Waals surface area (Å²) in [7, 11) is 0. The molecule has 0 saturated carbocycles. The molecule has 3 N–H and O–H groups in total. The molecule has 0 bridgehead atoms. The Balaban J connectivity index is 3.96. The third-order valence-electron chi connectivity index (χ3n) is 1.46. The molecule has 0 aliphatic heterocycles. The van der Waals surface area contributed by atoms with E-state index in [1.54, 1.807) is 13.8 Å². The normalized spacial score (nSPS) is 11.3. The molecule has 0 unspecified atom stereocenters. The molecule has 0 aromatic rings. The average Bonchev–Trinajstić information content (AvgIpc) is 2.04. The minimum absolute atomic E-state index is 0.171. The van der Waals surface area contributed by atoms with Crippen LogP contribution in [0.15, 0.2) is 0 Å². The van der Waals surface area contributed by atoms with Crippen molar-refractivity contribution >= 4 is 5.91 Å². The lowest BCUT2D eigenvalue weighted by molar-refractivity contribution is -0.123. The number of rotatable bonds is 4. The Morgan fingerprint density at radius 3 is 2.18 bits per heavy atom. The van der Waals surface area contributed by atoms with E-state index in [0.29, 0.717) is 6.42 Å². The first-order chi connectivity index (χ1) is 5.08. The van der Waals surface area contributed by atoms with Gasteiger partial charge in [-0.3, -0.25) is 4.79 Å². The Kier molecular flexibility index (Phi) is 4.07. The first-order valence-corrected chi connectivity index (χ1v) is 3.60. The van der Waals surface area contributed by atoms with Crippen molar-refractivity contribution in [1.29, 1.82) is 0 Å². The number of carbonyl (C=O) groups excluding carboxylic acids is 1. The van der Waals surface area contributed by atoms with Crippen LogP contribution >= 0.6 is 0 Å². The van der Waals surface area contributed by atoms with Gasteiger partial charge in [-0.05, 0) is 6.92 Å². The van der Waals surface area contributed by atoms with E-state index in [0.717, 1.165) is 0 Å². The second kappa shape index (κ2) is 4.31. The Morgan fingerprint density at radius 2 is 1.91 bits per heavy atom. The van der Waals surface area contributed by atoms with Crippen LogP contribution in [0.1, 0.15) is 20.3 Å². The lowest BCUT2D eigenvalue weighted by Crippen LogP contribution is -2.51. The predicted octanol–water partition coefficient (Wildman–Crippen LogP) is -0.744. The highest BCUT2D eigenvalue weighted by molar-refractivity contribution is 5.76. The molecule has 4 heteroatoms. The highest BCUT2D eigenvalue weighted by atomic mass is 16.3. The van der Waals surface area contributed by atoms with E-state index in [9.17, 15) is 4.79 Å². The summed E-state index contributed by atoms with van der Waals surface area (Å²) in [6.07, 6.45) is 0.357. The van der Waals surface area contributed by atoms with Crippen LogP contribution < -0.4 is 5.32 Å². The van der Waals surface area contributed by atoms with Crippen molar-refractivity contribution in [3.8, 4) is 0 Å². The van der Waals surface area contributed by atoms with Gasteiger partial charge in [-0.2, -0.15) is 0 Å². The van der Waals surface area contributed by atoms with E-state index in [2.05, 4.69) is 5.32 Å². The van der Waals surface area contributed by atoms with Crippen molar-refractivity contribution in [1.82, 2.24) is 5.32 Å². The molecule has 66 valence electrons. The summed E-state index contributed by atoms with van der Waals surface area (Å²) in [5.74, 6) is -0.171. The molecular weight excluding hydrogens is 146 g/mol. The summed E-state index contributed by atoms with van der Waals surface area (Å²) in [4.78, 5) is 10.8. The van der Waals surface area contributed by atoms with E-state index in [1.165, 1.54) is 0 Å². The number of hydrogen-bond acceptors (Lipinski definition) is 3. The molecule has 0 aromatic heterocycles. The zero-order valence-electron chi connectivity index (χ0n) is 6.92. The number of amides is 1. The van der Waals surface area contributed by atoms with E-state index < -0.39 is 5.54 Å². The number of carbonyl (C=O) groups is 1. The fourth-order valence-electron chi connectivity index (χ4n) is 0.554. The second-order valence-electron chi connectivity index (χ2n) is 2.78. The first-order valence-electron chi connectivity index (χ1n) is 3.60. The maximum Gasteiger partial charge on any atom is 0.220 e. The van der Waals surface area contributed by atoms with E-state index in [4.69, 9.17) is 10.2 Å². The molecule has 0 saturated heterocycles. The van der Waals surface area contributed by atoms with E-state index in [1.807, 2.05) is 0 Å². The van der Waals surface area contributed by atoms with Gasteiger partial charge in [0.25, 0.3) is 0 Å². The van der Waals surface area contributed by atoms with E-state index >= 15 is 0 Å². The fraction of sp³-hybridized carbons (Fsp3) is 0.857. The molecule has 0 heterocycles. The maximum absolute atomic E-state index is 10.8. The predicted molar refractivity (Wildman–Crippen MR) is 41.0 cm³/mol. The summed E-state index contributed by atoms with van der Waals surface area (Å²) >= 11 is 0. The Hall–Kier alpha value is -0.610. The Bertz CT molecular complexity index is 132.